The molecule has 0 rings (SSSR count). The first kappa shape index (κ1) is 6.06. The summed E-state index contributed by atoms with van der Waals surface area (Å²) in [5.41, 5.74) is 5.28. The van der Waals surface area contributed by atoms with E-state index in [4.69, 9.17) is 5.73 Å². The Morgan fingerprint density at radius 1 is 2.00 bits per heavy atom. The van der Waals surface area contributed by atoms with E-state index in [1.54, 1.807) is 0 Å². The maximum Gasteiger partial charge on any atom is 0.0578 e. The minimum absolute atomic E-state index is 0.183. The Kier molecular flexibility index (Phi) is 3.29. The third-order valence-corrected chi connectivity index (χ3v) is 0.562. The lowest BCUT2D eigenvalue weighted by molar-refractivity contribution is 0.760. The Labute approximate surface area is 40.0 Å². The van der Waals surface area contributed by atoms with Crippen LogP contribution >= 0.6 is 9.03 Å². The standard InChI is InChI=1S/C3H9N2P/c1-3(4)2-5-6/h3,6H,2,4H2,1H3. The zero-order chi connectivity index (χ0) is 4.99. The molecule has 0 aliphatic heterocycles. The van der Waals surface area contributed by atoms with Crippen molar-refractivity contribution in [1.29, 1.82) is 0 Å². The molecular formula is C3H9N2P. The fourth-order valence-electron chi connectivity index (χ4n) is 0.144. The number of hydrogen-bond acceptors (Lipinski definition) is 2. The second-order valence-electron chi connectivity index (χ2n) is 1.32. The van der Waals surface area contributed by atoms with Gasteiger partial charge in [-0.25, -0.2) is 0 Å². The largest absolute Gasteiger partial charge is 0.326 e. The molecule has 0 fully saturated rings. The predicted molar refractivity (Wildman–Crippen MR) is 29.3 cm³/mol. The van der Waals surface area contributed by atoms with Crippen LogP contribution in [0.4, 0.5) is 0 Å². The molecule has 1 unspecified atom stereocenters. The summed E-state index contributed by atoms with van der Waals surface area (Å²) >= 11 is 0. The van der Waals surface area contributed by atoms with Crippen molar-refractivity contribution in [3.63, 3.8) is 0 Å². The Morgan fingerprint density at radius 3 is 2.50 bits per heavy atom. The van der Waals surface area contributed by atoms with Gasteiger partial charge in [0.15, 0.2) is 0 Å². The highest BCUT2D eigenvalue weighted by molar-refractivity contribution is 7.03. The summed E-state index contributed by atoms with van der Waals surface area (Å²) in [5.74, 6) is 0. The van der Waals surface area contributed by atoms with Crippen molar-refractivity contribution in [2.45, 2.75) is 13.0 Å². The second kappa shape index (κ2) is 3.26. The van der Waals surface area contributed by atoms with Crippen molar-refractivity contribution in [1.82, 2.24) is 0 Å². The smallest absolute Gasteiger partial charge is 0.0578 e. The van der Waals surface area contributed by atoms with Gasteiger partial charge in [-0.1, -0.05) is 0 Å². The van der Waals surface area contributed by atoms with E-state index < -0.39 is 0 Å². The number of nitrogens with zero attached hydrogens (tertiary/aromatic N) is 1. The monoisotopic (exact) mass is 104 g/mol. The van der Waals surface area contributed by atoms with Crippen LogP contribution in [0.5, 0.6) is 0 Å². The highest BCUT2D eigenvalue weighted by Gasteiger charge is 1.83. The first-order valence-electron chi connectivity index (χ1n) is 1.86. The van der Waals surface area contributed by atoms with Crippen molar-refractivity contribution >= 4 is 9.03 Å². The molecular weight excluding hydrogens is 95.0 g/mol. The summed E-state index contributed by atoms with van der Waals surface area (Å²) in [6.45, 7) is 2.60. The summed E-state index contributed by atoms with van der Waals surface area (Å²) in [5, 5.41) is 0. The first-order valence-corrected chi connectivity index (χ1v) is 2.31. The van der Waals surface area contributed by atoms with Crippen LogP contribution in [0.25, 0.3) is 0 Å². The Bertz CT molecular complexity index is 44.1. The molecule has 2 N–H and O–H groups in total. The second-order valence-corrected chi connectivity index (χ2v) is 1.63. The van der Waals surface area contributed by atoms with Crippen LogP contribution in [0.15, 0.2) is 4.74 Å². The van der Waals surface area contributed by atoms with Gasteiger partial charge in [-0.3, -0.25) is 4.74 Å². The van der Waals surface area contributed by atoms with E-state index in [2.05, 4.69) is 13.8 Å². The van der Waals surface area contributed by atoms with E-state index in [1.807, 2.05) is 6.92 Å². The third kappa shape index (κ3) is 4.06. The Morgan fingerprint density at radius 2 is 2.50 bits per heavy atom. The average Bonchev–Trinajstić information content (AvgIpc) is 1.35. The number of rotatable bonds is 2. The Balaban J connectivity index is 2.81. The van der Waals surface area contributed by atoms with Gasteiger partial charge in [0.25, 0.3) is 0 Å². The van der Waals surface area contributed by atoms with Gasteiger partial charge in [-0.2, -0.15) is 0 Å². The van der Waals surface area contributed by atoms with E-state index in [9.17, 15) is 0 Å². The molecule has 3 heteroatoms. The van der Waals surface area contributed by atoms with Crippen LogP contribution in [0.3, 0.4) is 0 Å². The van der Waals surface area contributed by atoms with Crippen molar-refractivity contribution in [2.75, 3.05) is 6.54 Å². The lowest BCUT2D eigenvalue weighted by Crippen LogP contribution is -2.17. The zero-order valence-electron chi connectivity index (χ0n) is 3.81. The minimum Gasteiger partial charge on any atom is -0.326 e. The molecule has 1 atom stereocenters. The van der Waals surface area contributed by atoms with E-state index in [-0.39, 0.29) is 6.04 Å². The minimum atomic E-state index is 0.183. The molecule has 0 aromatic carbocycles. The van der Waals surface area contributed by atoms with Gasteiger partial charge < -0.3 is 5.73 Å². The fourth-order valence-corrected chi connectivity index (χ4v) is 0.432. The summed E-state index contributed by atoms with van der Waals surface area (Å²) < 4.78 is 3.62. The van der Waals surface area contributed by atoms with E-state index in [0.717, 1.165) is 0 Å². The molecule has 0 aliphatic rings. The van der Waals surface area contributed by atoms with E-state index in [1.165, 1.54) is 0 Å². The van der Waals surface area contributed by atoms with E-state index >= 15 is 0 Å². The Hall–Kier alpha value is 0.0600. The molecule has 0 spiro atoms. The van der Waals surface area contributed by atoms with Crippen molar-refractivity contribution < 1.29 is 0 Å². The molecule has 36 valence electrons. The predicted octanol–water partition coefficient (Wildman–Crippen LogP) is 0.660. The molecule has 0 heterocycles. The maximum atomic E-state index is 5.28. The van der Waals surface area contributed by atoms with Gasteiger partial charge in [0, 0.05) is 6.04 Å². The molecule has 0 aromatic rings. The van der Waals surface area contributed by atoms with Gasteiger partial charge in [0.2, 0.25) is 0 Å². The normalized spacial score (nSPS) is 13.7. The zero-order valence-corrected chi connectivity index (χ0v) is 4.81. The van der Waals surface area contributed by atoms with Crippen molar-refractivity contribution in [2.24, 2.45) is 10.5 Å². The van der Waals surface area contributed by atoms with Crippen LogP contribution in [-0.4, -0.2) is 12.6 Å². The van der Waals surface area contributed by atoms with Gasteiger partial charge in [0.05, 0.1) is 6.54 Å². The highest BCUT2D eigenvalue weighted by Crippen LogP contribution is 1.77. The fraction of sp³-hybridized carbons (Fsp3) is 1.00. The average molecular weight is 104 g/mol. The molecule has 0 amide bonds. The summed E-state index contributed by atoms with van der Waals surface area (Å²) in [6, 6.07) is 0.183. The molecule has 6 heavy (non-hydrogen) atoms. The summed E-state index contributed by atoms with van der Waals surface area (Å²) in [7, 11) is 2.94. The lowest BCUT2D eigenvalue weighted by Gasteiger charge is -1.93. The van der Waals surface area contributed by atoms with Gasteiger partial charge in [0.1, 0.15) is 0 Å². The van der Waals surface area contributed by atoms with Crippen molar-refractivity contribution in [3.05, 3.63) is 0 Å². The molecule has 0 radical (unpaired) electrons. The molecule has 0 bridgehead atoms. The van der Waals surface area contributed by atoms with Gasteiger partial charge in [-0.05, 0) is 16.0 Å². The van der Waals surface area contributed by atoms with Gasteiger partial charge >= 0.3 is 0 Å². The van der Waals surface area contributed by atoms with Gasteiger partial charge in [-0.15, -0.1) is 0 Å². The van der Waals surface area contributed by atoms with E-state index in [0.29, 0.717) is 6.54 Å². The van der Waals surface area contributed by atoms with Crippen molar-refractivity contribution in [3.8, 4) is 0 Å². The third-order valence-electron chi connectivity index (χ3n) is 0.379. The summed E-state index contributed by atoms with van der Waals surface area (Å²) in [4.78, 5) is 0. The lowest BCUT2D eigenvalue weighted by atomic mass is 10.4. The highest BCUT2D eigenvalue weighted by atomic mass is 31.0. The summed E-state index contributed by atoms with van der Waals surface area (Å²) in [6.07, 6.45) is 0. The first-order chi connectivity index (χ1) is 2.77. The molecule has 2 nitrogen and oxygen atoms in total. The van der Waals surface area contributed by atoms with Crippen LogP contribution in [0.1, 0.15) is 6.92 Å². The topological polar surface area (TPSA) is 38.4 Å². The molecule has 0 saturated heterocycles. The maximum absolute atomic E-state index is 5.28. The SMILES string of the molecule is CC(N)CN=P. The van der Waals surface area contributed by atoms with Crippen LogP contribution in [0, 0.1) is 0 Å². The molecule has 0 aliphatic carbocycles. The van der Waals surface area contributed by atoms with Crippen LogP contribution < -0.4 is 5.73 Å². The quantitative estimate of drug-likeness (QED) is 0.513. The van der Waals surface area contributed by atoms with Crippen LogP contribution in [0.2, 0.25) is 0 Å². The number of hydrogen-bond donors (Lipinski definition) is 1. The van der Waals surface area contributed by atoms with Crippen LogP contribution in [-0.2, 0) is 0 Å². The molecule has 0 aromatic heterocycles. The number of nitrogens with two attached hydrogens (primary N) is 1. The molecule has 0 saturated carbocycles.